The zero-order valence-corrected chi connectivity index (χ0v) is 9.53. The largest absolute Gasteiger partial charge is 0.241 e. The summed E-state index contributed by atoms with van der Waals surface area (Å²) in [6.45, 7) is 2.08. The average molecular weight is 251 g/mol. The fourth-order valence-corrected chi connectivity index (χ4v) is 1.57. The third-order valence-electron chi connectivity index (χ3n) is 2.08. The maximum absolute atomic E-state index is 4.40. The molecule has 0 saturated carbocycles. The molecule has 2 nitrogen and oxygen atoms in total. The molecule has 1 aromatic heterocycles. The average Bonchev–Trinajstić information content (AvgIpc) is 2.67. The fourth-order valence-electron chi connectivity index (χ4n) is 1.27. The van der Waals surface area contributed by atoms with E-state index in [0.717, 1.165) is 16.7 Å². The summed E-state index contributed by atoms with van der Waals surface area (Å²) in [4.78, 5) is 0. The van der Waals surface area contributed by atoms with Crippen LogP contribution in [0.25, 0.3) is 5.69 Å². The predicted molar refractivity (Wildman–Crippen MR) is 60.9 cm³/mol. The minimum absolute atomic E-state index is 0.797. The minimum Gasteiger partial charge on any atom is -0.241 e. The lowest BCUT2D eigenvalue weighted by molar-refractivity contribution is 0.860. The quantitative estimate of drug-likeness (QED) is 0.750. The molecule has 0 N–H and O–H groups in total. The molecule has 3 heteroatoms. The van der Waals surface area contributed by atoms with Gasteiger partial charge >= 0.3 is 0 Å². The Balaban J connectivity index is 2.34. The van der Waals surface area contributed by atoms with Crippen LogP contribution in [0.4, 0.5) is 0 Å². The first kappa shape index (κ1) is 9.46. The van der Waals surface area contributed by atoms with Gasteiger partial charge in [0.15, 0.2) is 0 Å². The van der Waals surface area contributed by atoms with E-state index in [1.807, 2.05) is 16.9 Å². The first-order valence-electron chi connectivity index (χ1n) is 4.47. The van der Waals surface area contributed by atoms with Gasteiger partial charge in [0.2, 0.25) is 0 Å². The van der Waals surface area contributed by atoms with E-state index < -0.39 is 0 Å². The van der Waals surface area contributed by atoms with Crippen LogP contribution in [0.2, 0.25) is 0 Å². The Hall–Kier alpha value is -1.09. The van der Waals surface area contributed by atoms with Crippen LogP contribution in [-0.2, 0) is 5.33 Å². The maximum atomic E-state index is 4.40. The lowest BCUT2D eigenvalue weighted by Crippen LogP contribution is -1.94. The van der Waals surface area contributed by atoms with Gasteiger partial charge in [-0.25, -0.2) is 4.68 Å². The summed E-state index contributed by atoms with van der Waals surface area (Å²) in [6.07, 6.45) is 1.97. The number of benzene rings is 1. The standard InChI is InChI=1S/C11H11BrN2/c1-9-2-4-11(5-3-9)14-7-6-10(8-12)13-14/h2-7H,8H2,1H3. The summed E-state index contributed by atoms with van der Waals surface area (Å²) in [5.41, 5.74) is 3.41. The highest BCUT2D eigenvalue weighted by Crippen LogP contribution is 2.10. The van der Waals surface area contributed by atoms with Gasteiger partial charge in [-0.1, -0.05) is 33.6 Å². The molecule has 0 atom stereocenters. The topological polar surface area (TPSA) is 17.8 Å². The van der Waals surface area contributed by atoms with Crippen LogP contribution in [0.5, 0.6) is 0 Å². The molecule has 2 rings (SSSR count). The Morgan fingerprint density at radius 2 is 1.93 bits per heavy atom. The van der Waals surface area contributed by atoms with Crippen LogP contribution in [0.1, 0.15) is 11.3 Å². The van der Waals surface area contributed by atoms with Crippen LogP contribution in [0.3, 0.4) is 0 Å². The van der Waals surface area contributed by atoms with Crippen LogP contribution in [-0.4, -0.2) is 9.78 Å². The molecule has 0 bridgehead atoms. The van der Waals surface area contributed by atoms with Crippen LogP contribution < -0.4 is 0 Å². The second-order valence-corrected chi connectivity index (χ2v) is 3.78. The smallest absolute Gasteiger partial charge is 0.0734 e. The van der Waals surface area contributed by atoms with E-state index >= 15 is 0 Å². The molecule has 0 aliphatic rings. The van der Waals surface area contributed by atoms with Crippen LogP contribution in [0, 0.1) is 6.92 Å². The first-order valence-corrected chi connectivity index (χ1v) is 5.59. The van der Waals surface area contributed by atoms with Gasteiger partial charge in [0.05, 0.1) is 11.4 Å². The van der Waals surface area contributed by atoms with Crippen molar-refractivity contribution in [2.45, 2.75) is 12.3 Å². The van der Waals surface area contributed by atoms with Gasteiger partial charge in [-0.15, -0.1) is 0 Å². The van der Waals surface area contributed by atoms with Crippen molar-refractivity contribution >= 4 is 15.9 Å². The first-order chi connectivity index (χ1) is 6.79. The predicted octanol–water partition coefficient (Wildman–Crippen LogP) is 3.08. The number of hydrogen-bond acceptors (Lipinski definition) is 1. The Morgan fingerprint density at radius 1 is 1.21 bits per heavy atom. The Kier molecular flexibility index (Phi) is 2.68. The zero-order chi connectivity index (χ0) is 9.97. The highest BCUT2D eigenvalue weighted by atomic mass is 79.9. The van der Waals surface area contributed by atoms with E-state index in [2.05, 4.69) is 52.2 Å². The molecule has 0 unspecified atom stereocenters. The zero-order valence-electron chi connectivity index (χ0n) is 7.94. The molecule has 2 aromatic rings. The number of halogens is 1. The molecule has 72 valence electrons. The second kappa shape index (κ2) is 3.96. The highest BCUT2D eigenvalue weighted by Gasteiger charge is 1.98. The van der Waals surface area contributed by atoms with Crippen molar-refractivity contribution in [1.82, 2.24) is 9.78 Å². The van der Waals surface area contributed by atoms with E-state index in [1.165, 1.54) is 5.56 Å². The lowest BCUT2D eigenvalue weighted by Gasteiger charge is -2.00. The minimum atomic E-state index is 0.797. The van der Waals surface area contributed by atoms with Gasteiger partial charge in [-0.3, -0.25) is 0 Å². The third-order valence-corrected chi connectivity index (χ3v) is 2.65. The van der Waals surface area contributed by atoms with Crippen molar-refractivity contribution in [2.24, 2.45) is 0 Å². The van der Waals surface area contributed by atoms with Gasteiger partial charge in [0.1, 0.15) is 0 Å². The van der Waals surface area contributed by atoms with Gasteiger partial charge in [-0.05, 0) is 25.1 Å². The number of rotatable bonds is 2. The Morgan fingerprint density at radius 3 is 2.50 bits per heavy atom. The summed E-state index contributed by atoms with van der Waals surface area (Å²) >= 11 is 3.38. The molecule has 0 radical (unpaired) electrons. The number of hydrogen-bond donors (Lipinski definition) is 0. The molecule has 0 saturated heterocycles. The SMILES string of the molecule is Cc1ccc(-n2ccc(CBr)n2)cc1. The van der Waals surface area contributed by atoms with Crippen molar-refractivity contribution in [3.63, 3.8) is 0 Å². The molecule has 1 heterocycles. The molecule has 0 fully saturated rings. The van der Waals surface area contributed by atoms with Crippen molar-refractivity contribution in [3.8, 4) is 5.69 Å². The number of alkyl halides is 1. The van der Waals surface area contributed by atoms with E-state index in [-0.39, 0.29) is 0 Å². The summed E-state index contributed by atoms with van der Waals surface area (Å²) in [5, 5.41) is 5.20. The Bertz CT molecular complexity index is 417. The second-order valence-electron chi connectivity index (χ2n) is 3.22. The summed E-state index contributed by atoms with van der Waals surface area (Å²) in [6, 6.07) is 10.3. The van der Waals surface area contributed by atoms with Crippen molar-refractivity contribution in [3.05, 3.63) is 47.8 Å². The number of nitrogens with zero attached hydrogens (tertiary/aromatic N) is 2. The fraction of sp³-hybridized carbons (Fsp3) is 0.182. The Labute approximate surface area is 91.7 Å². The van der Waals surface area contributed by atoms with Crippen LogP contribution in [0.15, 0.2) is 36.5 Å². The van der Waals surface area contributed by atoms with E-state index in [4.69, 9.17) is 0 Å². The number of aryl methyl sites for hydroxylation is 1. The normalized spacial score (nSPS) is 10.4. The molecule has 0 spiro atoms. The molecule has 0 aliphatic heterocycles. The maximum Gasteiger partial charge on any atom is 0.0734 e. The molecular weight excluding hydrogens is 240 g/mol. The number of aromatic nitrogens is 2. The highest BCUT2D eigenvalue weighted by molar-refractivity contribution is 9.08. The van der Waals surface area contributed by atoms with Crippen molar-refractivity contribution in [1.29, 1.82) is 0 Å². The molecule has 1 aromatic carbocycles. The van der Waals surface area contributed by atoms with Gasteiger partial charge < -0.3 is 0 Å². The van der Waals surface area contributed by atoms with E-state index in [1.54, 1.807) is 0 Å². The summed E-state index contributed by atoms with van der Waals surface area (Å²) in [5.74, 6) is 0. The summed E-state index contributed by atoms with van der Waals surface area (Å²) < 4.78 is 1.88. The molecule has 14 heavy (non-hydrogen) atoms. The van der Waals surface area contributed by atoms with Crippen molar-refractivity contribution < 1.29 is 0 Å². The van der Waals surface area contributed by atoms with E-state index in [0.29, 0.717) is 0 Å². The molecule has 0 amide bonds. The van der Waals surface area contributed by atoms with Crippen molar-refractivity contribution in [2.75, 3.05) is 0 Å². The van der Waals surface area contributed by atoms with Crippen LogP contribution >= 0.6 is 15.9 Å². The van der Waals surface area contributed by atoms with Gasteiger partial charge in [0.25, 0.3) is 0 Å². The van der Waals surface area contributed by atoms with Gasteiger partial charge in [0, 0.05) is 11.5 Å². The third kappa shape index (κ3) is 1.87. The summed E-state index contributed by atoms with van der Waals surface area (Å²) in [7, 11) is 0. The monoisotopic (exact) mass is 250 g/mol. The van der Waals surface area contributed by atoms with E-state index in [9.17, 15) is 0 Å². The lowest BCUT2D eigenvalue weighted by atomic mass is 10.2. The molecule has 0 aliphatic carbocycles. The molecular formula is C11H11BrN2. The van der Waals surface area contributed by atoms with Gasteiger partial charge in [-0.2, -0.15) is 5.10 Å².